The zero-order valence-corrected chi connectivity index (χ0v) is 16.1. The number of fused-ring (bicyclic) bond motifs is 1. The van der Waals surface area contributed by atoms with E-state index in [1.54, 1.807) is 0 Å². The molecular formula is C20H21N5OS. The van der Waals surface area contributed by atoms with Gasteiger partial charge in [-0.1, -0.05) is 24.3 Å². The highest BCUT2D eigenvalue weighted by atomic mass is 32.1. The third-order valence-electron chi connectivity index (χ3n) is 4.45. The summed E-state index contributed by atoms with van der Waals surface area (Å²) in [4.78, 5) is 11.3. The monoisotopic (exact) mass is 379 g/mol. The summed E-state index contributed by atoms with van der Waals surface area (Å²) in [7, 11) is 0. The lowest BCUT2D eigenvalue weighted by atomic mass is 10.1. The summed E-state index contributed by atoms with van der Waals surface area (Å²) < 4.78 is 5.53. The Labute approximate surface area is 163 Å². The van der Waals surface area contributed by atoms with E-state index in [0.29, 0.717) is 17.6 Å². The van der Waals surface area contributed by atoms with Crippen LogP contribution in [0.3, 0.4) is 0 Å². The average molecular weight is 379 g/mol. The van der Waals surface area contributed by atoms with Crippen molar-refractivity contribution in [3.05, 3.63) is 70.8 Å². The fraction of sp³-hybridized carbons (Fsp3) is 0.250. The lowest BCUT2D eigenvalue weighted by Gasteiger charge is -2.18. The molecule has 3 heterocycles. The van der Waals surface area contributed by atoms with E-state index in [9.17, 15) is 0 Å². The Bertz CT molecular complexity index is 959. The number of anilines is 2. The Balaban J connectivity index is 1.42. The average Bonchev–Trinajstić information content (AvgIpc) is 3.25. The quantitative estimate of drug-likeness (QED) is 0.670. The van der Waals surface area contributed by atoms with Crippen LogP contribution in [0.25, 0.3) is 0 Å². The molecule has 2 N–H and O–H groups in total. The van der Waals surface area contributed by atoms with Crippen LogP contribution >= 0.6 is 12.2 Å². The molecule has 4 rings (SSSR count). The number of rotatable bonds is 4. The van der Waals surface area contributed by atoms with Crippen molar-refractivity contribution in [3.8, 4) is 0 Å². The normalized spacial score (nSPS) is 12.7. The first kappa shape index (κ1) is 17.5. The number of nitrogens with zero attached hydrogens (tertiary/aromatic N) is 3. The molecule has 1 aliphatic heterocycles. The minimum Gasteiger partial charge on any atom is -0.465 e. The van der Waals surface area contributed by atoms with Crippen LogP contribution in [0.2, 0.25) is 0 Å². The van der Waals surface area contributed by atoms with Gasteiger partial charge in [-0.25, -0.2) is 4.98 Å². The van der Waals surface area contributed by atoms with Crippen LogP contribution in [-0.2, 0) is 19.6 Å². The van der Waals surface area contributed by atoms with Gasteiger partial charge in [0.25, 0.3) is 0 Å². The van der Waals surface area contributed by atoms with E-state index in [0.717, 1.165) is 36.1 Å². The van der Waals surface area contributed by atoms with Gasteiger partial charge >= 0.3 is 0 Å². The second-order valence-corrected chi connectivity index (χ2v) is 7.04. The molecule has 2 aromatic heterocycles. The van der Waals surface area contributed by atoms with E-state index in [1.807, 2.05) is 32.0 Å². The summed E-state index contributed by atoms with van der Waals surface area (Å²) in [6.07, 6.45) is 0. The van der Waals surface area contributed by atoms with Gasteiger partial charge in [0.15, 0.2) is 5.11 Å². The molecule has 0 aliphatic carbocycles. The number of aryl methyl sites for hydroxylation is 2. The minimum absolute atomic E-state index is 0.463. The van der Waals surface area contributed by atoms with Gasteiger partial charge in [0, 0.05) is 24.8 Å². The molecule has 1 aliphatic rings. The van der Waals surface area contributed by atoms with Crippen LogP contribution in [0.4, 0.5) is 11.8 Å². The lowest BCUT2D eigenvalue weighted by molar-refractivity contribution is 0.478. The minimum atomic E-state index is 0.463. The Hall–Kier alpha value is -2.93. The molecule has 0 amide bonds. The summed E-state index contributed by atoms with van der Waals surface area (Å²) in [5, 5.41) is 6.65. The second kappa shape index (κ2) is 7.36. The molecular weight excluding hydrogens is 358 g/mol. The Kier molecular flexibility index (Phi) is 4.77. The first-order chi connectivity index (χ1) is 13.1. The molecule has 0 atom stereocenters. The van der Waals surface area contributed by atoms with Crippen molar-refractivity contribution in [2.24, 2.45) is 0 Å². The summed E-state index contributed by atoms with van der Waals surface area (Å²) in [6.45, 7) is 6.10. The number of aromatic nitrogens is 2. The van der Waals surface area contributed by atoms with Crippen molar-refractivity contribution in [3.63, 3.8) is 0 Å². The molecule has 0 bridgehead atoms. The molecule has 6 nitrogen and oxygen atoms in total. The summed E-state index contributed by atoms with van der Waals surface area (Å²) >= 11 is 5.36. The third kappa shape index (κ3) is 4.09. The number of hydrogen-bond acceptors (Lipinski definition) is 5. The Morgan fingerprint density at radius 1 is 1.11 bits per heavy atom. The number of nitrogens with one attached hydrogen (secondary N) is 2. The molecule has 0 radical (unpaired) electrons. The van der Waals surface area contributed by atoms with Gasteiger partial charge in [0.1, 0.15) is 17.3 Å². The van der Waals surface area contributed by atoms with E-state index in [2.05, 4.69) is 49.8 Å². The van der Waals surface area contributed by atoms with Gasteiger partial charge in [0.2, 0.25) is 5.95 Å². The summed E-state index contributed by atoms with van der Waals surface area (Å²) in [6, 6.07) is 14.3. The molecule has 0 unspecified atom stereocenters. The molecule has 1 aromatic carbocycles. The van der Waals surface area contributed by atoms with E-state index < -0.39 is 0 Å². The van der Waals surface area contributed by atoms with Crippen LogP contribution in [0.1, 0.15) is 28.3 Å². The molecule has 0 saturated carbocycles. The number of hydrogen-bond donors (Lipinski definition) is 2. The molecule has 0 saturated heterocycles. The van der Waals surface area contributed by atoms with Gasteiger partial charge in [-0.15, -0.1) is 0 Å². The van der Waals surface area contributed by atoms with E-state index in [1.165, 1.54) is 11.1 Å². The van der Waals surface area contributed by atoms with Gasteiger partial charge in [-0.2, -0.15) is 4.98 Å². The van der Waals surface area contributed by atoms with Crippen molar-refractivity contribution in [2.45, 2.75) is 33.5 Å². The first-order valence-corrected chi connectivity index (χ1v) is 9.25. The van der Waals surface area contributed by atoms with E-state index >= 15 is 0 Å². The van der Waals surface area contributed by atoms with Crippen molar-refractivity contribution in [2.75, 3.05) is 10.2 Å². The zero-order valence-electron chi connectivity index (χ0n) is 15.3. The molecule has 7 heteroatoms. The van der Waals surface area contributed by atoms with Gasteiger partial charge in [-0.05, 0) is 49.3 Å². The summed E-state index contributed by atoms with van der Waals surface area (Å²) in [5.41, 5.74) is 3.58. The van der Waals surface area contributed by atoms with E-state index in [-0.39, 0.29) is 0 Å². The Morgan fingerprint density at radius 2 is 1.85 bits per heavy atom. The second-order valence-electron chi connectivity index (χ2n) is 6.64. The maximum atomic E-state index is 5.53. The van der Waals surface area contributed by atoms with Crippen molar-refractivity contribution in [1.82, 2.24) is 15.3 Å². The SMILES string of the molecule is Cc1cc(N2Cc3ccccc3C2)nc(NC(=S)NCc2ccc(C)o2)n1. The van der Waals surface area contributed by atoms with Gasteiger partial charge < -0.3 is 20.0 Å². The highest BCUT2D eigenvalue weighted by molar-refractivity contribution is 7.80. The third-order valence-corrected chi connectivity index (χ3v) is 4.70. The van der Waals surface area contributed by atoms with Crippen molar-refractivity contribution in [1.29, 1.82) is 0 Å². The maximum Gasteiger partial charge on any atom is 0.231 e. The van der Waals surface area contributed by atoms with Crippen LogP contribution in [0.5, 0.6) is 0 Å². The van der Waals surface area contributed by atoms with Crippen LogP contribution in [0.15, 0.2) is 46.9 Å². The fourth-order valence-corrected chi connectivity index (χ4v) is 3.32. The Morgan fingerprint density at radius 3 is 2.52 bits per heavy atom. The zero-order chi connectivity index (χ0) is 18.8. The largest absolute Gasteiger partial charge is 0.465 e. The smallest absolute Gasteiger partial charge is 0.231 e. The van der Waals surface area contributed by atoms with Gasteiger partial charge in [0.05, 0.1) is 6.54 Å². The molecule has 27 heavy (non-hydrogen) atoms. The van der Waals surface area contributed by atoms with Crippen LogP contribution in [-0.4, -0.2) is 15.1 Å². The maximum absolute atomic E-state index is 5.53. The topological polar surface area (TPSA) is 66.2 Å². The number of furan rings is 1. The number of benzene rings is 1. The molecule has 0 fully saturated rings. The lowest BCUT2D eigenvalue weighted by Crippen LogP contribution is -2.29. The highest BCUT2D eigenvalue weighted by Crippen LogP contribution is 2.27. The van der Waals surface area contributed by atoms with Gasteiger partial charge in [-0.3, -0.25) is 0 Å². The molecule has 138 valence electrons. The highest BCUT2D eigenvalue weighted by Gasteiger charge is 2.20. The standard InChI is InChI=1S/C20H21N5OS/c1-13-9-18(25-11-15-5-3-4-6-16(15)12-25)23-19(22-13)24-20(27)21-10-17-8-7-14(2)26-17/h3-9H,10-12H2,1-2H3,(H2,21,22,23,24,27). The molecule has 0 spiro atoms. The van der Waals surface area contributed by atoms with Crippen LogP contribution < -0.4 is 15.5 Å². The summed E-state index contributed by atoms with van der Waals surface area (Å²) in [5.74, 6) is 3.10. The fourth-order valence-electron chi connectivity index (χ4n) is 3.16. The number of thiocarbonyl (C=S) groups is 1. The first-order valence-electron chi connectivity index (χ1n) is 8.84. The van der Waals surface area contributed by atoms with E-state index in [4.69, 9.17) is 16.6 Å². The predicted octanol–water partition coefficient (Wildman–Crippen LogP) is 3.69. The van der Waals surface area contributed by atoms with Crippen molar-refractivity contribution < 1.29 is 4.42 Å². The van der Waals surface area contributed by atoms with Crippen LogP contribution in [0, 0.1) is 13.8 Å². The molecule has 3 aromatic rings. The van der Waals surface area contributed by atoms with Crippen molar-refractivity contribution >= 4 is 29.1 Å². The predicted molar refractivity (Wildman–Crippen MR) is 110 cm³/mol.